The van der Waals surface area contributed by atoms with Crippen molar-refractivity contribution in [3.05, 3.63) is 29.8 Å². The summed E-state index contributed by atoms with van der Waals surface area (Å²) in [5.41, 5.74) is -0.254. The number of esters is 1. The van der Waals surface area contributed by atoms with E-state index in [1.165, 1.54) is 18.9 Å². The Kier molecular flexibility index (Phi) is 8.12. The lowest BCUT2D eigenvalue weighted by Crippen LogP contribution is -2.52. The summed E-state index contributed by atoms with van der Waals surface area (Å²) in [7, 11) is 1.29. The van der Waals surface area contributed by atoms with Crippen LogP contribution in [0, 0.1) is 0 Å². The van der Waals surface area contributed by atoms with Gasteiger partial charge in [0.15, 0.2) is 5.17 Å². The number of benzene rings is 1. The van der Waals surface area contributed by atoms with E-state index in [4.69, 9.17) is 4.74 Å². The van der Waals surface area contributed by atoms with Crippen molar-refractivity contribution >= 4 is 46.3 Å². The molecule has 2 aliphatic rings. The molecule has 1 aromatic carbocycles. The second-order valence-corrected chi connectivity index (χ2v) is 9.56. The number of likely N-dealkylation sites (tertiary alicyclic amines) is 1. The fourth-order valence-electron chi connectivity index (χ4n) is 3.90. The van der Waals surface area contributed by atoms with Crippen LogP contribution < -0.4 is 10.6 Å². The first-order valence-electron chi connectivity index (χ1n) is 11.1. The summed E-state index contributed by atoms with van der Waals surface area (Å²) in [5, 5.41) is 5.71. The van der Waals surface area contributed by atoms with E-state index < -0.39 is 22.7 Å². The van der Waals surface area contributed by atoms with Gasteiger partial charge in [-0.25, -0.2) is 4.79 Å². The topological polar surface area (TPSA) is 117 Å². The van der Waals surface area contributed by atoms with Crippen molar-refractivity contribution < 1.29 is 23.9 Å². The van der Waals surface area contributed by atoms with Crippen molar-refractivity contribution in [2.45, 2.75) is 56.7 Å². The molecular formula is C23H30N4O5S. The summed E-state index contributed by atoms with van der Waals surface area (Å²) in [6, 6.07) is 6.35. The van der Waals surface area contributed by atoms with E-state index in [2.05, 4.69) is 20.5 Å². The van der Waals surface area contributed by atoms with Gasteiger partial charge in [-0.1, -0.05) is 25.1 Å². The van der Waals surface area contributed by atoms with Crippen LogP contribution in [0.4, 0.5) is 5.69 Å². The van der Waals surface area contributed by atoms with E-state index in [9.17, 15) is 19.2 Å². The van der Waals surface area contributed by atoms with Crippen LogP contribution in [0.1, 0.15) is 56.3 Å². The molecule has 10 heteroatoms. The number of amides is 3. The first kappa shape index (κ1) is 24.8. The van der Waals surface area contributed by atoms with E-state index in [1.54, 1.807) is 31.2 Å². The van der Waals surface area contributed by atoms with Crippen molar-refractivity contribution in [2.24, 2.45) is 4.99 Å². The molecule has 178 valence electrons. The van der Waals surface area contributed by atoms with Gasteiger partial charge in [-0.15, -0.1) is 0 Å². The van der Waals surface area contributed by atoms with Crippen LogP contribution in [0.2, 0.25) is 0 Å². The number of hydrogen-bond donors (Lipinski definition) is 2. The molecule has 1 fully saturated rings. The predicted octanol–water partition coefficient (Wildman–Crippen LogP) is 2.57. The smallest absolute Gasteiger partial charge is 0.331 e. The van der Waals surface area contributed by atoms with Gasteiger partial charge in [0.25, 0.3) is 11.8 Å². The number of methoxy groups -OCH3 is 1. The van der Waals surface area contributed by atoms with Crippen LogP contribution in [-0.2, 0) is 19.1 Å². The molecule has 2 N–H and O–H groups in total. The van der Waals surface area contributed by atoms with Gasteiger partial charge in [0.1, 0.15) is 10.8 Å². The molecule has 0 aliphatic carbocycles. The van der Waals surface area contributed by atoms with Crippen molar-refractivity contribution in [1.29, 1.82) is 0 Å². The Morgan fingerprint density at radius 2 is 1.88 bits per heavy atom. The van der Waals surface area contributed by atoms with Gasteiger partial charge in [-0.2, -0.15) is 4.99 Å². The molecular weight excluding hydrogens is 444 g/mol. The molecule has 33 heavy (non-hydrogen) atoms. The van der Waals surface area contributed by atoms with E-state index in [-0.39, 0.29) is 18.2 Å². The molecule has 2 atom stereocenters. The summed E-state index contributed by atoms with van der Waals surface area (Å²) in [6.45, 7) is 5.35. The number of anilines is 1. The largest absolute Gasteiger partial charge is 0.467 e. The minimum atomic E-state index is -1.12. The third kappa shape index (κ3) is 6.13. The standard InChI is InChI=1S/C23H30N4O5S/c1-4-11-23(2,21(31)32-3)26-19(29)15-7-9-16(10-8-15)24-18(28)14-17-20(30)25-22(33-17)27-12-5-6-13-27/h7-10,17H,4-6,11-14H2,1-3H3,(H,24,28)(H,26,29). The molecule has 0 radical (unpaired) electrons. The Bertz CT molecular complexity index is 943. The second-order valence-electron chi connectivity index (χ2n) is 8.39. The summed E-state index contributed by atoms with van der Waals surface area (Å²) in [6.07, 6.45) is 3.35. The number of amidine groups is 1. The van der Waals surface area contributed by atoms with E-state index in [1.807, 2.05) is 6.92 Å². The highest BCUT2D eigenvalue weighted by atomic mass is 32.2. The van der Waals surface area contributed by atoms with Gasteiger partial charge in [0.2, 0.25) is 5.91 Å². The summed E-state index contributed by atoms with van der Waals surface area (Å²) in [4.78, 5) is 55.6. The molecule has 9 nitrogen and oxygen atoms in total. The average molecular weight is 475 g/mol. The molecule has 0 spiro atoms. The average Bonchev–Trinajstić information content (AvgIpc) is 3.44. The maximum atomic E-state index is 12.6. The normalized spacial score (nSPS) is 19.6. The Morgan fingerprint density at radius 1 is 1.21 bits per heavy atom. The van der Waals surface area contributed by atoms with Crippen molar-refractivity contribution in [3.63, 3.8) is 0 Å². The number of hydrogen-bond acceptors (Lipinski definition) is 7. The minimum absolute atomic E-state index is 0.0288. The van der Waals surface area contributed by atoms with Crippen LogP contribution in [0.3, 0.4) is 0 Å². The molecule has 2 unspecified atom stereocenters. The van der Waals surface area contributed by atoms with Gasteiger partial charge >= 0.3 is 5.97 Å². The van der Waals surface area contributed by atoms with E-state index in [0.717, 1.165) is 25.9 Å². The third-order valence-corrected chi connectivity index (χ3v) is 6.90. The first-order valence-corrected chi connectivity index (χ1v) is 12.0. The van der Waals surface area contributed by atoms with Gasteiger partial charge in [-0.3, -0.25) is 14.4 Å². The zero-order valence-electron chi connectivity index (χ0n) is 19.2. The highest BCUT2D eigenvalue weighted by Crippen LogP contribution is 2.29. The molecule has 0 saturated carbocycles. The van der Waals surface area contributed by atoms with E-state index in [0.29, 0.717) is 29.3 Å². The number of rotatable bonds is 8. The lowest BCUT2D eigenvalue weighted by Gasteiger charge is -2.27. The Balaban J connectivity index is 1.53. The van der Waals surface area contributed by atoms with Crippen molar-refractivity contribution in [1.82, 2.24) is 10.2 Å². The zero-order valence-corrected chi connectivity index (χ0v) is 20.0. The molecule has 3 rings (SSSR count). The first-order chi connectivity index (χ1) is 15.8. The highest BCUT2D eigenvalue weighted by Gasteiger charge is 2.36. The number of nitrogens with one attached hydrogen (secondary N) is 2. The monoisotopic (exact) mass is 474 g/mol. The number of carbonyl (C=O) groups excluding carboxylic acids is 4. The maximum Gasteiger partial charge on any atom is 0.331 e. The zero-order chi connectivity index (χ0) is 24.0. The maximum absolute atomic E-state index is 12.6. The lowest BCUT2D eigenvalue weighted by molar-refractivity contribution is -0.147. The molecule has 0 bridgehead atoms. The van der Waals surface area contributed by atoms with Crippen LogP contribution >= 0.6 is 11.8 Å². The molecule has 1 aromatic rings. The number of thioether (sulfide) groups is 1. The molecule has 1 saturated heterocycles. The summed E-state index contributed by atoms with van der Waals surface area (Å²) in [5.74, 6) is -1.48. The minimum Gasteiger partial charge on any atom is -0.467 e. The fourth-order valence-corrected chi connectivity index (χ4v) is 5.02. The predicted molar refractivity (Wildman–Crippen MR) is 127 cm³/mol. The van der Waals surface area contributed by atoms with E-state index >= 15 is 0 Å². The van der Waals surface area contributed by atoms with Gasteiger partial charge in [0, 0.05) is 30.8 Å². The van der Waals surface area contributed by atoms with Gasteiger partial charge in [0.05, 0.1) is 7.11 Å². The van der Waals surface area contributed by atoms with Crippen molar-refractivity contribution in [3.8, 4) is 0 Å². The van der Waals surface area contributed by atoms with Crippen LogP contribution in [-0.4, -0.2) is 64.7 Å². The van der Waals surface area contributed by atoms with Gasteiger partial charge < -0.3 is 20.3 Å². The van der Waals surface area contributed by atoms with Crippen LogP contribution in [0.25, 0.3) is 0 Å². The van der Waals surface area contributed by atoms with Gasteiger partial charge in [-0.05, 0) is 50.5 Å². The quantitative estimate of drug-likeness (QED) is 0.556. The molecule has 3 amide bonds. The Labute approximate surface area is 197 Å². The third-order valence-electron chi connectivity index (χ3n) is 5.68. The Morgan fingerprint density at radius 3 is 2.48 bits per heavy atom. The second kappa shape index (κ2) is 10.8. The molecule has 0 aromatic heterocycles. The number of aliphatic imine (C=N–C) groups is 1. The van der Waals surface area contributed by atoms with Crippen molar-refractivity contribution in [2.75, 3.05) is 25.5 Å². The van der Waals surface area contributed by atoms with Crippen LogP contribution in [0.5, 0.6) is 0 Å². The number of carbonyl (C=O) groups is 4. The number of ether oxygens (including phenoxy) is 1. The lowest BCUT2D eigenvalue weighted by atomic mass is 9.95. The summed E-state index contributed by atoms with van der Waals surface area (Å²) >= 11 is 1.35. The number of nitrogens with zero attached hydrogens (tertiary/aromatic N) is 2. The SMILES string of the molecule is CCCC(C)(NC(=O)c1ccc(NC(=O)CC2SC(N3CCCC3)=NC2=O)cc1)C(=O)OC. The highest BCUT2D eigenvalue weighted by molar-refractivity contribution is 8.15. The molecule has 2 heterocycles. The molecule has 2 aliphatic heterocycles. The Hall–Kier alpha value is -2.88. The fraction of sp³-hybridized carbons (Fsp3) is 0.522. The summed E-state index contributed by atoms with van der Waals surface area (Å²) < 4.78 is 4.83. The van der Waals surface area contributed by atoms with Crippen LogP contribution in [0.15, 0.2) is 29.3 Å².